The molecule has 3 aliphatic rings. The van der Waals surface area contributed by atoms with Crippen LogP contribution in [0.5, 0.6) is 0 Å². The van der Waals surface area contributed by atoms with E-state index in [1.165, 1.54) is 18.9 Å². The Morgan fingerprint density at radius 1 is 1.07 bits per heavy atom. The highest BCUT2D eigenvalue weighted by Crippen LogP contribution is 2.43. The maximum atomic E-state index is 16.9. The van der Waals surface area contributed by atoms with Gasteiger partial charge in [0.05, 0.1) is 34.9 Å². The van der Waals surface area contributed by atoms with Gasteiger partial charge in [-0.05, 0) is 78.9 Å². The highest BCUT2D eigenvalue weighted by Gasteiger charge is 2.61. The van der Waals surface area contributed by atoms with Gasteiger partial charge in [-0.3, -0.25) is 9.59 Å². The van der Waals surface area contributed by atoms with E-state index in [0.29, 0.717) is 32.4 Å². The molecule has 3 saturated heterocycles. The van der Waals surface area contributed by atoms with Gasteiger partial charge in [-0.2, -0.15) is 0 Å². The first-order chi connectivity index (χ1) is 27.7. The highest BCUT2D eigenvalue weighted by atomic mass is 19.1. The maximum absolute atomic E-state index is 16.9. The molecule has 2 N–H and O–H groups in total. The number of hydrogen-bond acceptors (Lipinski definition) is 12. The van der Waals surface area contributed by atoms with Crippen molar-refractivity contribution in [3.63, 3.8) is 0 Å². The van der Waals surface area contributed by atoms with E-state index < -0.39 is 89.2 Å². The Hall–Kier alpha value is -3.76. The third-order valence-electron chi connectivity index (χ3n) is 13.0. The maximum Gasteiger partial charge on any atom is 0.410 e. The number of para-hydroxylation sites is 2. The van der Waals surface area contributed by atoms with E-state index in [2.05, 4.69) is 21.4 Å². The van der Waals surface area contributed by atoms with Gasteiger partial charge in [-0.25, -0.2) is 19.0 Å². The van der Waals surface area contributed by atoms with Crippen molar-refractivity contribution < 1.29 is 52.4 Å². The predicted molar refractivity (Wildman–Crippen MR) is 218 cm³/mol. The number of amides is 1. The number of benzene rings is 1. The molecule has 3 fully saturated rings. The topological polar surface area (TPSA) is 168 Å². The van der Waals surface area contributed by atoms with Crippen molar-refractivity contribution in [3.05, 3.63) is 42.7 Å². The molecular formula is C44H65FN4O10. The van der Waals surface area contributed by atoms with Crippen molar-refractivity contribution >= 4 is 34.7 Å². The molecule has 59 heavy (non-hydrogen) atoms. The van der Waals surface area contributed by atoms with Gasteiger partial charge in [0.2, 0.25) is 0 Å². The summed E-state index contributed by atoms with van der Waals surface area (Å²) in [4.78, 5) is 63.0. The number of rotatable bonds is 12. The van der Waals surface area contributed by atoms with E-state index in [1.54, 1.807) is 40.7 Å². The summed E-state index contributed by atoms with van der Waals surface area (Å²) in [6.07, 6.45) is -2.66. The van der Waals surface area contributed by atoms with Crippen LogP contribution in [0.4, 0.5) is 9.18 Å². The fourth-order valence-corrected chi connectivity index (χ4v) is 9.69. The van der Waals surface area contributed by atoms with Crippen LogP contribution in [0.3, 0.4) is 0 Å². The second-order valence-electron chi connectivity index (χ2n) is 17.4. The first-order valence-corrected chi connectivity index (χ1v) is 21.0. The number of ether oxygens (including phenoxy) is 5. The van der Waals surface area contributed by atoms with Gasteiger partial charge in [-0.1, -0.05) is 45.9 Å². The molecule has 2 aromatic rings. The lowest BCUT2D eigenvalue weighted by molar-refractivity contribution is -0.290. The summed E-state index contributed by atoms with van der Waals surface area (Å²) in [5.74, 6) is -4.94. The third-order valence-corrected chi connectivity index (χ3v) is 13.0. The highest BCUT2D eigenvalue weighted by molar-refractivity contribution is 6.08. The number of carbonyl (C=O) groups excluding carboxylic acids is 4. The number of nitrogens with zero attached hydrogens (tertiary/aromatic N) is 3. The number of cyclic esters (lactones) is 1. The molecule has 4 heterocycles. The number of alkyl halides is 1. The van der Waals surface area contributed by atoms with Gasteiger partial charge < -0.3 is 43.6 Å². The molecule has 1 aromatic heterocycles. The summed E-state index contributed by atoms with van der Waals surface area (Å²) in [7, 11) is 1.40. The minimum Gasteiger partial charge on any atom is -0.455 e. The van der Waals surface area contributed by atoms with Gasteiger partial charge in [0, 0.05) is 50.5 Å². The Balaban J connectivity index is 1.49. The van der Waals surface area contributed by atoms with E-state index in [4.69, 9.17) is 23.7 Å². The standard InChI is InChI=1S/C44H65FN4O10/c1-12-20-46-31-23-26(4)56-39(35(31)51)58-38-28(6)37(52)43(9,45)40(53)57-33(13-2)44(10)36(27(5)34(50)25(3)24-42(38,8)55-11)49(41(54)59-44)22-17-16-21-48-29(7)47-30-18-14-15-19-32(30)48/h12,14-15,18-19,25-28,31,33,35-36,38-39,46,51H,1,13,16-17,20-24H2,2-11H3/t25-,26-,27+,28-,31+,33-,35+,36?,38-,39+,42-,43+,44-/m1/s1. The van der Waals surface area contributed by atoms with Crippen LogP contribution in [0.2, 0.25) is 0 Å². The van der Waals surface area contributed by atoms with E-state index in [1.807, 2.05) is 38.1 Å². The monoisotopic (exact) mass is 828 g/mol. The molecule has 0 radical (unpaired) electrons. The first kappa shape index (κ1) is 46.3. The lowest BCUT2D eigenvalue weighted by Crippen LogP contribution is -2.62. The zero-order chi connectivity index (χ0) is 43.6. The van der Waals surface area contributed by atoms with Crippen LogP contribution in [0.25, 0.3) is 11.0 Å². The van der Waals surface area contributed by atoms with Crippen molar-refractivity contribution in [1.29, 1.82) is 0 Å². The van der Waals surface area contributed by atoms with Crippen molar-refractivity contribution in [1.82, 2.24) is 19.8 Å². The number of imidazole rings is 1. The number of methoxy groups -OCH3 is 1. The summed E-state index contributed by atoms with van der Waals surface area (Å²) in [5, 5.41) is 14.6. The fraction of sp³-hybridized carbons (Fsp3) is 0.705. The lowest BCUT2D eigenvalue weighted by atomic mass is 9.73. The Morgan fingerprint density at radius 3 is 2.41 bits per heavy atom. The molecule has 0 bridgehead atoms. The number of carbonyl (C=O) groups is 4. The molecule has 1 amide bonds. The average molecular weight is 829 g/mol. The van der Waals surface area contributed by atoms with Crippen molar-refractivity contribution in [3.8, 4) is 0 Å². The summed E-state index contributed by atoms with van der Waals surface area (Å²) in [5.41, 5.74) is -4.32. The molecular weight excluding hydrogens is 763 g/mol. The van der Waals surface area contributed by atoms with Crippen LogP contribution in [-0.2, 0) is 44.6 Å². The molecule has 0 spiro atoms. The molecule has 13 atom stereocenters. The van der Waals surface area contributed by atoms with Crippen molar-refractivity contribution in [2.45, 2.75) is 161 Å². The molecule has 0 saturated carbocycles. The molecule has 1 aromatic carbocycles. The van der Waals surface area contributed by atoms with Crippen LogP contribution < -0.4 is 5.32 Å². The second-order valence-corrected chi connectivity index (χ2v) is 17.4. The van der Waals surface area contributed by atoms with Gasteiger partial charge >= 0.3 is 12.1 Å². The number of aliphatic hydroxyl groups is 1. The van der Waals surface area contributed by atoms with E-state index >= 15 is 4.39 Å². The number of fused-ring (bicyclic) bond motifs is 2. The summed E-state index contributed by atoms with van der Waals surface area (Å²) >= 11 is 0. The largest absolute Gasteiger partial charge is 0.455 e. The number of unbranched alkanes of at least 4 members (excludes halogenated alkanes) is 1. The van der Waals surface area contributed by atoms with E-state index in [-0.39, 0.29) is 31.3 Å². The van der Waals surface area contributed by atoms with Crippen LogP contribution in [0.15, 0.2) is 36.9 Å². The second kappa shape index (κ2) is 18.5. The van der Waals surface area contributed by atoms with Gasteiger partial charge in [0.15, 0.2) is 17.7 Å². The number of aliphatic hydroxyl groups excluding tert-OH is 1. The number of hydrogen-bond donors (Lipinski definition) is 2. The number of Topliss-reactive ketones (excluding diaryl/α,β-unsaturated/α-hetero) is 2. The number of ketones is 2. The zero-order valence-electron chi connectivity index (χ0n) is 36.4. The smallest absolute Gasteiger partial charge is 0.410 e. The lowest BCUT2D eigenvalue weighted by Gasteiger charge is -2.46. The van der Waals surface area contributed by atoms with Gasteiger partial charge in [-0.15, -0.1) is 6.58 Å². The fourth-order valence-electron chi connectivity index (χ4n) is 9.69. The third kappa shape index (κ3) is 9.14. The Bertz CT molecular complexity index is 1850. The molecule has 5 rings (SSSR count). The molecule has 0 aliphatic carbocycles. The average Bonchev–Trinajstić information content (AvgIpc) is 3.66. The van der Waals surface area contributed by atoms with Gasteiger partial charge in [0.25, 0.3) is 5.67 Å². The van der Waals surface area contributed by atoms with E-state index in [0.717, 1.165) is 23.8 Å². The number of nitrogens with one attached hydrogen (secondary N) is 1. The summed E-state index contributed by atoms with van der Waals surface area (Å²) in [6.45, 7) is 19.5. The SMILES string of the molecule is C=CCN[C@H]1C[C@@H](C)O[C@@H](O[C@@H]2[C@H](C)C(=O)[C@](C)(F)C(=O)O[C@H](CC)[C@@]3(C)OC(=O)N(CCCCn4c(C)nc5ccccc54)C3[C@@H](C)C(=O)[C@H](C)C[C@@]2(C)OC)[C@H]1O. The normalized spacial score (nSPS) is 37.5. The van der Waals surface area contributed by atoms with Crippen LogP contribution >= 0.6 is 0 Å². The number of halogens is 1. The molecule has 15 heteroatoms. The Kier molecular flexibility index (Phi) is 14.5. The number of aromatic nitrogens is 2. The van der Waals surface area contributed by atoms with Crippen LogP contribution in [0, 0.1) is 24.7 Å². The van der Waals surface area contributed by atoms with Crippen molar-refractivity contribution in [2.75, 3.05) is 20.2 Å². The molecule has 328 valence electrons. The zero-order valence-corrected chi connectivity index (χ0v) is 36.4. The molecule has 3 aliphatic heterocycles. The Labute approximate surface area is 347 Å². The molecule has 1 unspecified atom stereocenters. The van der Waals surface area contributed by atoms with Crippen LogP contribution in [-0.4, -0.2) is 123 Å². The number of esters is 1. The summed E-state index contributed by atoms with van der Waals surface area (Å²) < 4.78 is 49.6. The van der Waals surface area contributed by atoms with Crippen LogP contribution in [0.1, 0.15) is 93.3 Å². The minimum atomic E-state index is -3.18. The number of aryl methyl sites for hydroxylation is 2. The van der Waals surface area contributed by atoms with E-state index in [9.17, 15) is 24.3 Å². The predicted octanol–water partition coefficient (Wildman–Crippen LogP) is 5.63. The minimum absolute atomic E-state index is 0.00737. The Morgan fingerprint density at radius 2 is 1.75 bits per heavy atom. The molecule has 14 nitrogen and oxygen atoms in total. The first-order valence-electron chi connectivity index (χ1n) is 21.0. The summed E-state index contributed by atoms with van der Waals surface area (Å²) in [6, 6.07) is 6.50. The van der Waals surface area contributed by atoms with Crippen molar-refractivity contribution in [2.24, 2.45) is 17.8 Å². The quantitative estimate of drug-likeness (QED) is 0.117. The van der Waals surface area contributed by atoms with Gasteiger partial charge in [0.1, 0.15) is 23.8 Å².